The predicted octanol–water partition coefficient (Wildman–Crippen LogP) is 0.473. The molecule has 1 aromatic carbocycles. The maximum atomic E-state index is 13.7. The van der Waals surface area contributed by atoms with Gasteiger partial charge < -0.3 is 31.3 Å². The van der Waals surface area contributed by atoms with Crippen molar-refractivity contribution < 1.29 is 39.9 Å². The van der Waals surface area contributed by atoms with Crippen LogP contribution in [-0.4, -0.2) is 73.6 Å². The number of likely N-dealkylation sites (N-methyl/N-ethyl adjacent to an activating group) is 1. The van der Waals surface area contributed by atoms with Gasteiger partial charge in [-0.1, -0.05) is 12.1 Å². The number of halogens is 2. The molecule has 3 aliphatic carbocycles. The number of phenolic OH excluding ortho intramolecular Hbond substituents is 1. The van der Waals surface area contributed by atoms with Gasteiger partial charge in [0.25, 0.3) is 5.91 Å². The van der Waals surface area contributed by atoms with E-state index in [1.54, 1.807) is 0 Å². The Kier molecular flexibility index (Phi) is 6.94. The summed E-state index contributed by atoms with van der Waals surface area (Å²) in [5.41, 5.74) is -0.548. The molecule has 5 atom stereocenters. The van der Waals surface area contributed by atoms with Gasteiger partial charge in [-0.15, -0.1) is 24.8 Å². The molecule has 0 saturated heterocycles. The minimum atomic E-state index is -2.75. The third-order valence-electron chi connectivity index (χ3n) is 7.02. The third kappa shape index (κ3) is 3.24. The number of fused-ring (bicyclic) bond motifs is 3. The summed E-state index contributed by atoms with van der Waals surface area (Å²) in [4.78, 5) is 40.0. The fraction of sp³-hybridized carbons (Fsp3) is 0.409. The van der Waals surface area contributed by atoms with Gasteiger partial charge in [0.2, 0.25) is 5.78 Å². The Bertz CT molecular complexity index is 1160. The first-order valence-corrected chi connectivity index (χ1v) is 9.97. The Hall–Kier alpha value is -2.63. The molecule has 0 heterocycles. The number of Topliss-reactive ketones (excluding diaryl/α,β-unsaturated/α-hetero) is 2. The number of aromatic hydroxyl groups is 1. The zero-order chi connectivity index (χ0) is 23.9. The van der Waals surface area contributed by atoms with Gasteiger partial charge in [-0.3, -0.25) is 19.3 Å². The van der Waals surface area contributed by atoms with Crippen LogP contribution in [0.4, 0.5) is 0 Å². The van der Waals surface area contributed by atoms with Crippen LogP contribution >= 0.6 is 24.8 Å². The molecule has 0 radical (unpaired) electrons. The number of ketones is 2. The number of amides is 1. The summed E-state index contributed by atoms with van der Waals surface area (Å²) in [6, 6.07) is 3.02. The fourth-order valence-electron chi connectivity index (χ4n) is 5.50. The lowest BCUT2D eigenvalue weighted by Crippen LogP contribution is -2.67. The molecule has 0 bridgehead atoms. The molecule has 0 aliphatic heterocycles. The largest absolute Gasteiger partial charge is 0.508 e. The first kappa shape index (κ1) is 27.6. The van der Waals surface area contributed by atoms with Crippen molar-refractivity contribution in [2.45, 2.75) is 30.6 Å². The molecule has 3 aliphatic rings. The van der Waals surface area contributed by atoms with Gasteiger partial charge in [-0.25, -0.2) is 0 Å². The molecule has 7 N–H and O–H groups in total. The summed E-state index contributed by atoms with van der Waals surface area (Å²) in [5.74, 6) is -7.90. The Morgan fingerprint density at radius 1 is 1.12 bits per heavy atom. The zero-order valence-electron chi connectivity index (χ0n) is 18.5. The first-order valence-electron chi connectivity index (χ1n) is 9.97. The number of benzene rings is 1. The number of nitrogens with zero attached hydrogens (tertiary/aromatic N) is 1. The summed E-state index contributed by atoms with van der Waals surface area (Å²) >= 11 is 0. The van der Waals surface area contributed by atoms with Crippen LogP contribution in [0.2, 0.25) is 0 Å². The zero-order valence-corrected chi connectivity index (χ0v) is 20.1. The molecule has 1 fully saturated rings. The predicted molar refractivity (Wildman–Crippen MR) is 125 cm³/mol. The minimum absolute atomic E-state index is 0. The topological polar surface area (TPSA) is 182 Å². The van der Waals surface area contributed by atoms with Crippen LogP contribution in [0.25, 0.3) is 5.76 Å². The van der Waals surface area contributed by atoms with E-state index in [9.17, 15) is 39.9 Å². The summed E-state index contributed by atoms with van der Waals surface area (Å²) in [7, 11) is 3.01. The van der Waals surface area contributed by atoms with E-state index < -0.39 is 75.0 Å². The number of phenols is 1. The summed E-state index contributed by atoms with van der Waals surface area (Å²) < 4.78 is 0. The van der Waals surface area contributed by atoms with E-state index in [1.165, 1.54) is 44.1 Å². The van der Waals surface area contributed by atoms with Gasteiger partial charge in [0, 0.05) is 17.4 Å². The number of carbonyl (C=O) groups is 3. The molecule has 34 heavy (non-hydrogen) atoms. The van der Waals surface area contributed by atoms with E-state index in [0.29, 0.717) is 0 Å². The normalized spacial score (nSPS) is 32.4. The number of primary amides is 1. The third-order valence-corrected chi connectivity index (χ3v) is 7.02. The minimum Gasteiger partial charge on any atom is -0.508 e. The van der Waals surface area contributed by atoms with Crippen LogP contribution in [0, 0.1) is 11.8 Å². The van der Waals surface area contributed by atoms with Crippen molar-refractivity contribution >= 4 is 48.0 Å². The van der Waals surface area contributed by atoms with Crippen LogP contribution in [0.15, 0.2) is 35.1 Å². The molecule has 186 valence electrons. The van der Waals surface area contributed by atoms with Crippen LogP contribution in [0.3, 0.4) is 0 Å². The molecule has 1 aromatic rings. The van der Waals surface area contributed by atoms with Crippen molar-refractivity contribution in [1.29, 1.82) is 0 Å². The second kappa shape index (κ2) is 8.54. The molecule has 10 nitrogen and oxygen atoms in total. The molecular weight excluding hydrogens is 491 g/mol. The summed E-state index contributed by atoms with van der Waals surface area (Å²) in [5, 5.41) is 54.9. The first-order chi connectivity index (χ1) is 14.8. The number of carbonyl (C=O) groups excluding carboxylic acids is 3. The molecule has 0 aromatic heterocycles. The smallest absolute Gasteiger partial charge is 0.255 e. The molecule has 0 spiro atoms. The second-order valence-corrected chi connectivity index (χ2v) is 8.96. The molecular formula is C22H26Cl2N2O8. The Balaban J connectivity index is 0.00000204. The maximum absolute atomic E-state index is 13.7. The van der Waals surface area contributed by atoms with Gasteiger partial charge in [-0.2, -0.15) is 0 Å². The Morgan fingerprint density at radius 2 is 1.71 bits per heavy atom. The fourth-order valence-corrected chi connectivity index (χ4v) is 5.50. The van der Waals surface area contributed by atoms with E-state index in [4.69, 9.17) is 5.73 Å². The van der Waals surface area contributed by atoms with Gasteiger partial charge in [0.1, 0.15) is 22.8 Å². The Morgan fingerprint density at radius 3 is 2.24 bits per heavy atom. The SMILES string of the molecule is CN(C)[C@@H]1C(=O)C(C(N)=O)=C(O)[C@@]2(O)C(=O)C3=C(O)c4c(O)cccc4[C@@](C)(O)[C@H]3C[C@@H]12.Cl.Cl. The van der Waals surface area contributed by atoms with Crippen molar-refractivity contribution in [3.63, 3.8) is 0 Å². The molecule has 1 saturated carbocycles. The molecule has 12 heteroatoms. The van der Waals surface area contributed by atoms with Crippen LogP contribution in [0.1, 0.15) is 24.5 Å². The van der Waals surface area contributed by atoms with Crippen LogP contribution < -0.4 is 5.73 Å². The lowest BCUT2D eigenvalue weighted by atomic mass is 9.54. The van der Waals surface area contributed by atoms with E-state index in [1.807, 2.05) is 0 Å². The van der Waals surface area contributed by atoms with Gasteiger partial charge in [0.05, 0.1) is 17.2 Å². The maximum Gasteiger partial charge on any atom is 0.255 e. The lowest BCUT2D eigenvalue weighted by molar-refractivity contribution is -0.159. The van der Waals surface area contributed by atoms with Gasteiger partial charge in [-0.05, 0) is 39.1 Å². The van der Waals surface area contributed by atoms with E-state index in [-0.39, 0.29) is 42.4 Å². The highest BCUT2D eigenvalue weighted by molar-refractivity contribution is 6.24. The summed E-state index contributed by atoms with van der Waals surface area (Å²) in [6.07, 6.45) is -0.200. The number of hydrogen-bond donors (Lipinski definition) is 6. The highest BCUT2D eigenvalue weighted by atomic mass is 35.5. The average Bonchev–Trinajstić information content (AvgIpc) is 2.68. The molecule has 4 rings (SSSR count). The van der Waals surface area contributed by atoms with Crippen molar-refractivity contribution in [1.82, 2.24) is 4.90 Å². The van der Waals surface area contributed by atoms with E-state index >= 15 is 0 Å². The van der Waals surface area contributed by atoms with Crippen molar-refractivity contribution in [2.24, 2.45) is 17.6 Å². The number of aliphatic hydroxyl groups excluding tert-OH is 2. The molecule has 1 amide bonds. The van der Waals surface area contributed by atoms with Crippen molar-refractivity contribution in [3.05, 3.63) is 46.2 Å². The van der Waals surface area contributed by atoms with Crippen LogP contribution in [-0.2, 0) is 20.0 Å². The van der Waals surface area contributed by atoms with E-state index in [0.717, 1.165) is 0 Å². The monoisotopic (exact) mass is 516 g/mol. The number of hydrogen-bond acceptors (Lipinski definition) is 9. The second-order valence-electron chi connectivity index (χ2n) is 8.96. The number of aliphatic hydroxyl groups is 4. The van der Waals surface area contributed by atoms with Gasteiger partial charge >= 0.3 is 0 Å². The molecule has 0 unspecified atom stereocenters. The number of nitrogens with two attached hydrogens (primary N) is 1. The van der Waals surface area contributed by atoms with Gasteiger partial charge in [0.15, 0.2) is 11.4 Å². The Labute approximate surface area is 207 Å². The quantitative estimate of drug-likeness (QED) is 0.304. The van der Waals surface area contributed by atoms with E-state index in [2.05, 4.69) is 0 Å². The standard InChI is InChI=1S/C22H24N2O8.2ClH/c1-21(31)8-5-4-6-11(25)12(8)16(26)13-9(21)7-10-15(24(2)3)17(27)14(20(23)30)19(29)22(10,32)18(13)28;;/h4-6,9-10,15,25-26,29,31-32H,7H2,1-3H3,(H2,23,30);2*1H/t9-,10-,15-,21+,22-;;/m0../s1. The highest BCUT2D eigenvalue weighted by Crippen LogP contribution is 2.57. The lowest BCUT2D eigenvalue weighted by Gasteiger charge is -2.53. The highest BCUT2D eigenvalue weighted by Gasteiger charge is 2.66. The number of rotatable bonds is 2. The van der Waals surface area contributed by atoms with Crippen LogP contribution in [0.5, 0.6) is 5.75 Å². The average molecular weight is 517 g/mol. The summed E-state index contributed by atoms with van der Waals surface area (Å²) in [6.45, 7) is 1.40. The van der Waals surface area contributed by atoms with Crippen molar-refractivity contribution in [2.75, 3.05) is 14.1 Å². The van der Waals surface area contributed by atoms with Crippen molar-refractivity contribution in [3.8, 4) is 5.75 Å².